The van der Waals surface area contributed by atoms with E-state index in [9.17, 15) is 0 Å². The monoisotopic (exact) mass is 514 g/mol. The topological polar surface area (TPSA) is 17.8 Å². The van der Waals surface area contributed by atoms with Gasteiger partial charge in [-0.2, -0.15) is 0 Å². The van der Waals surface area contributed by atoms with Gasteiger partial charge in [0.05, 0.1) is 0 Å². The predicted octanol–water partition coefficient (Wildman–Crippen LogP) is 9.21. The molecule has 3 aromatic carbocycles. The Balaban J connectivity index is 1.36. The van der Waals surface area contributed by atoms with Crippen molar-refractivity contribution >= 4 is 0 Å². The lowest BCUT2D eigenvalue weighted by atomic mass is 9.76. The molecule has 2 aliphatic carbocycles. The number of allylic oxidation sites excluding steroid dienone is 2. The van der Waals surface area contributed by atoms with Gasteiger partial charge in [0.1, 0.15) is 11.4 Å². The second kappa shape index (κ2) is 12.2. The SMILES string of the molecule is C(=C/C(Cc1nccn1C(c1ccccc1)(c1ccccc1)c1ccccc1)C1CC1)/CCC1CCCCC1. The normalized spacial score (nSPS) is 17.4. The van der Waals surface area contributed by atoms with Crippen LogP contribution < -0.4 is 0 Å². The summed E-state index contributed by atoms with van der Waals surface area (Å²) in [5.74, 6) is 3.46. The van der Waals surface area contributed by atoms with E-state index in [2.05, 4.69) is 114 Å². The molecular weight excluding hydrogens is 472 g/mol. The maximum absolute atomic E-state index is 5.04. The summed E-state index contributed by atoms with van der Waals surface area (Å²) in [6.07, 6.45) is 22.7. The highest BCUT2D eigenvalue weighted by atomic mass is 15.1. The summed E-state index contributed by atoms with van der Waals surface area (Å²) in [6.45, 7) is 0. The van der Waals surface area contributed by atoms with E-state index in [1.807, 2.05) is 6.20 Å². The van der Waals surface area contributed by atoms with E-state index in [1.54, 1.807) is 0 Å². The Labute approximate surface area is 234 Å². The number of nitrogens with zero attached hydrogens (tertiary/aromatic N) is 2. The van der Waals surface area contributed by atoms with Gasteiger partial charge >= 0.3 is 0 Å². The summed E-state index contributed by atoms with van der Waals surface area (Å²) in [4.78, 5) is 5.04. The number of benzene rings is 3. The van der Waals surface area contributed by atoms with Crippen molar-refractivity contribution in [1.29, 1.82) is 0 Å². The number of rotatable bonds is 11. The molecule has 2 nitrogen and oxygen atoms in total. The second-order valence-corrected chi connectivity index (χ2v) is 11.7. The fraction of sp³-hybridized carbons (Fsp3) is 0.378. The summed E-state index contributed by atoms with van der Waals surface area (Å²) in [6, 6.07) is 32.9. The Morgan fingerprint density at radius 2 is 1.31 bits per heavy atom. The van der Waals surface area contributed by atoms with E-state index in [0.29, 0.717) is 5.92 Å². The van der Waals surface area contributed by atoms with Crippen molar-refractivity contribution in [3.8, 4) is 0 Å². The van der Waals surface area contributed by atoms with Gasteiger partial charge in [0, 0.05) is 18.8 Å². The van der Waals surface area contributed by atoms with Crippen LogP contribution in [0.5, 0.6) is 0 Å². The van der Waals surface area contributed by atoms with Crippen LogP contribution in [-0.2, 0) is 12.0 Å². The zero-order valence-corrected chi connectivity index (χ0v) is 23.2. The summed E-state index contributed by atoms with van der Waals surface area (Å²) in [5, 5.41) is 0. The van der Waals surface area contributed by atoms with E-state index < -0.39 is 5.54 Å². The Morgan fingerprint density at radius 1 is 0.744 bits per heavy atom. The lowest BCUT2D eigenvalue weighted by Gasteiger charge is -2.39. The molecule has 0 radical (unpaired) electrons. The standard InChI is InChI=1S/C37H42N2/c1-5-15-30(16-6-1)17-13-14-18-32(31-25-26-31)29-36-38-27-28-39(36)37(33-19-7-2-8-20-33,34-21-9-3-10-22-34)35-23-11-4-12-24-35/h2-4,7-12,14,18-24,27-28,30-32H,1,5-6,13,15-17,25-26,29H2/b18-14-. The van der Waals surface area contributed by atoms with Crippen LogP contribution in [0.25, 0.3) is 0 Å². The fourth-order valence-electron chi connectivity index (χ4n) is 6.95. The smallest absolute Gasteiger partial charge is 0.121 e. The van der Waals surface area contributed by atoms with Crippen LogP contribution in [-0.4, -0.2) is 9.55 Å². The summed E-state index contributed by atoms with van der Waals surface area (Å²) >= 11 is 0. The number of imidazole rings is 1. The van der Waals surface area contributed by atoms with Crippen LogP contribution >= 0.6 is 0 Å². The maximum Gasteiger partial charge on any atom is 0.121 e. The second-order valence-electron chi connectivity index (χ2n) is 11.7. The molecule has 0 spiro atoms. The van der Waals surface area contributed by atoms with E-state index in [-0.39, 0.29) is 0 Å². The van der Waals surface area contributed by atoms with Crippen molar-refractivity contribution in [1.82, 2.24) is 9.55 Å². The van der Waals surface area contributed by atoms with Crippen molar-refractivity contribution in [3.05, 3.63) is 138 Å². The molecule has 1 aromatic heterocycles. The Kier molecular flexibility index (Phi) is 8.09. The molecule has 2 aliphatic rings. The van der Waals surface area contributed by atoms with Gasteiger partial charge in [0.2, 0.25) is 0 Å². The van der Waals surface area contributed by atoms with Crippen molar-refractivity contribution in [2.24, 2.45) is 17.8 Å². The minimum Gasteiger partial charge on any atom is -0.316 e. The number of aromatic nitrogens is 2. The van der Waals surface area contributed by atoms with Crippen LogP contribution in [0.4, 0.5) is 0 Å². The average Bonchev–Trinajstić information content (AvgIpc) is 3.76. The van der Waals surface area contributed by atoms with E-state index in [4.69, 9.17) is 4.98 Å². The first-order chi connectivity index (χ1) is 19.4. The van der Waals surface area contributed by atoms with Gasteiger partial charge < -0.3 is 4.57 Å². The number of hydrogen-bond acceptors (Lipinski definition) is 1. The fourth-order valence-corrected chi connectivity index (χ4v) is 6.95. The molecule has 1 atom stereocenters. The van der Waals surface area contributed by atoms with Gasteiger partial charge in [-0.15, -0.1) is 0 Å². The van der Waals surface area contributed by atoms with Gasteiger partial charge in [0.25, 0.3) is 0 Å². The molecule has 0 bridgehead atoms. The lowest BCUT2D eigenvalue weighted by Crippen LogP contribution is -2.38. The summed E-state index contributed by atoms with van der Waals surface area (Å²) in [7, 11) is 0. The van der Waals surface area contributed by atoms with Crippen molar-refractivity contribution < 1.29 is 0 Å². The molecule has 2 heteroatoms. The van der Waals surface area contributed by atoms with Crippen LogP contribution in [0.3, 0.4) is 0 Å². The first kappa shape index (κ1) is 25.9. The molecule has 2 saturated carbocycles. The van der Waals surface area contributed by atoms with Crippen molar-refractivity contribution in [2.45, 2.75) is 69.7 Å². The van der Waals surface area contributed by atoms with Crippen LogP contribution in [0, 0.1) is 17.8 Å². The minimum atomic E-state index is -0.492. The zero-order valence-electron chi connectivity index (χ0n) is 23.2. The third kappa shape index (κ3) is 5.66. The maximum atomic E-state index is 5.04. The van der Waals surface area contributed by atoms with Crippen LogP contribution in [0.1, 0.15) is 80.3 Å². The minimum absolute atomic E-state index is 0.492. The Morgan fingerprint density at radius 3 is 1.85 bits per heavy atom. The molecule has 6 rings (SSSR count). The molecule has 0 N–H and O–H groups in total. The highest BCUT2D eigenvalue weighted by Gasteiger charge is 2.40. The third-order valence-corrected chi connectivity index (χ3v) is 9.15. The van der Waals surface area contributed by atoms with Gasteiger partial charge in [-0.05, 0) is 60.1 Å². The Bertz CT molecular complexity index is 1210. The van der Waals surface area contributed by atoms with E-state index in [1.165, 1.54) is 80.3 Å². The predicted molar refractivity (Wildman–Crippen MR) is 162 cm³/mol. The molecule has 39 heavy (non-hydrogen) atoms. The molecule has 0 saturated heterocycles. The quantitative estimate of drug-likeness (QED) is 0.144. The van der Waals surface area contributed by atoms with Gasteiger partial charge in [-0.3, -0.25) is 0 Å². The van der Waals surface area contributed by atoms with Gasteiger partial charge in [-0.1, -0.05) is 135 Å². The Hall–Kier alpha value is -3.39. The molecule has 1 heterocycles. The van der Waals surface area contributed by atoms with Crippen molar-refractivity contribution in [2.75, 3.05) is 0 Å². The molecule has 4 aromatic rings. The number of hydrogen-bond donors (Lipinski definition) is 0. The average molecular weight is 515 g/mol. The summed E-state index contributed by atoms with van der Waals surface area (Å²) in [5.41, 5.74) is 3.28. The first-order valence-corrected chi connectivity index (χ1v) is 15.2. The lowest BCUT2D eigenvalue weighted by molar-refractivity contribution is 0.341. The van der Waals surface area contributed by atoms with E-state index in [0.717, 1.165) is 18.3 Å². The zero-order chi connectivity index (χ0) is 26.3. The largest absolute Gasteiger partial charge is 0.316 e. The first-order valence-electron chi connectivity index (χ1n) is 15.2. The van der Waals surface area contributed by atoms with Crippen LogP contribution in [0.2, 0.25) is 0 Å². The molecular formula is C37H42N2. The highest BCUT2D eigenvalue weighted by Crippen LogP contribution is 2.44. The van der Waals surface area contributed by atoms with E-state index >= 15 is 0 Å². The molecule has 1 unspecified atom stereocenters. The molecule has 2 fully saturated rings. The van der Waals surface area contributed by atoms with Crippen molar-refractivity contribution in [3.63, 3.8) is 0 Å². The molecule has 0 amide bonds. The third-order valence-electron chi connectivity index (χ3n) is 9.15. The highest BCUT2D eigenvalue weighted by molar-refractivity contribution is 5.51. The van der Waals surface area contributed by atoms with Crippen LogP contribution in [0.15, 0.2) is 116 Å². The summed E-state index contributed by atoms with van der Waals surface area (Å²) < 4.78 is 2.47. The van der Waals surface area contributed by atoms with Gasteiger partial charge in [0.15, 0.2) is 0 Å². The molecule has 0 aliphatic heterocycles. The van der Waals surface area contributed by atoms with Gasteiger partial charge in [-0.25, -0.2) is 4.98 Å². The molecule has 200 valence electrons.